The predicted molar refractivity (Wildman–Crippen MR) is 90.3 cm³/mol. The number of rotatable bonds is 1. The molecular weight excluding hydrogens is 352 g/mol. The number of hydrogen-bond acceptors (Lipinski definition) is 1. The van der Waals surface area contributed by atoms with Gasteiger partial charge in [-0.3, -0.25) is 4.90 Å². The third-order valence-electron chi connectivity index (χ3n) is 3.48. The van der Waals surface area contributed by atoms with E-state index in [2.05, 4.69) is 27.3 Å². The number of anilines is 2. The number of urea groups is 1. The number of carbonyl (C=O) groups excluding carboxylic acids is 1. The molecule has 0 aromatic heterocycles. The summed E-state index contributed by atoms with van der Waals surface area (Å²) < 4.78 is 1.04. The maximum atomic E-state index is 12.5. The lowest BCUT2D eigenvalue weighted by Crippen LogP contribution is -2.38. The number of carbonyl (C=O) groups is 1. The van der Waals surface area contributed by atoms with Gasteiger partial charge in [0.15, 0.2) is 0 Å². The van der Waals surface area contributed by atoms with E-state index in [1.54, 1.807) is 17.0 Å². The van der Waals surface area contributed by atoms with Gasteiger partial charge >= 0.3 is 6.03 Å². The molecule has 1 N–H and O–H groups in total. The highest BCUT2D eigenvalue weighted by Gasteiger charge is 2.22. The Morgan fingerprint density at radius 3 is 2.90 bits per heavy atom. The van der Waals surface area contributed by atoms with Crippen LogP contribution >= 0.6 is 27.5 Å². The SMILES string of the molecule is O=C(Nc1cccc(Cl)c1)N1CCCc2cc(Br)ccc21. The van der Waals surface area contributed by atoms with Crippen molar-refractivity contribution in [3.05, 3.63) is 57.5 Å². The number of fused-ring (bicyclic) bond motifs is 1. The fraction of sp³-hybridized carbons (Fsp3) is 0.188. The van der Waals surface area contributed by atoms with Crippen LogP contribution < -0.4 is 10.2 Å². The third-order valence-corrected chi connectivity index (χ3v) is 4.21. The molecule has 0 aliphatic carbocycles. The molecule has 1 heterocycles. The van der Waals surface area contributed by atoms with Crippen molar-refractivity contribution in [2.75, 3.05) is 16.8 Å². The Labute approximate surface area is 137 Å². The maximum absolute atomic E-state index is 12.5. The highest BCUT2D eigenvalue weighted by Crippen LogP contribution is 2.30. The molecule has 0 atom stereocenters. The third kappa shape index (κ3) is 3.22. The molecule has 2 amide bonds. The van der Waals surface area contributed by atoms with Gasteiger partial charge in [0.1, 0.15) is 0 Å². The van der Waals surface area contributed by atoms with Crippen LogP contribution in [0.5, 0.6) is 0 Å². The molecule has 5 heteroatoms. The number of amides is 2. The Hall–Kier alpha value is -1.52. The second kappa shape index (κ2) is 6.08. The molecule has 0 bridgehead atoms. The molecule has 2 aromatic carbocycles. The van der Waals surface area contributed by atoms with Gasteiger partial charge in [0, 0.05) is 27.4 Å². The Kier molecular flexibility index (Phi) is 4.17. The summed E-state index contributed by atoms with van der Waals surface area (Å²) >= 11 is 9.42. The molecule has 108 valence electrons. The lowest BCUT2D eigenvalue weighted by molar-refractivity contribution is 0.256. The summed E-state index contributed by atoms with van der Waals surface area (Å²) in [4.78, 5) is 14.3. The average molecular weight is 366 g/mol. The molecule has 2 aromatic rings. The number of nitrogens with zero attached hydrogens (tertiary/aromatic N) is 1. The largest absolute Gasteiger partial charge is 0.326 e. The Bertz CT molecular complexity index is 690. The van der Waals surface area contributed by atoms with Crippen molar-refractivity contribution < 1.29 is 4.79 Å². The summed E-state index contributed by atoms with van der Waals surface area (Å²) in [5, 5.41) is 3.51. The molecule has 1 aliphatic rings. The second-order valence-electron chi connectivity index (χ2n) is 4.97. The molecular formula is C16H14BrClN2O. The van der Waals surface area contributed by atoms with Gasteiger partial charge in [0.05, 0.1) is 0 Å². The van der Waals surface area contributed by atoms with Gasteiger partial charge < -0.3 is 5.32 Å². The van der Waals surface area contributed by atoms with Crippen molar-refractivity contribution in [3.63, 3.8) is 0 Å². The summed E-state index contributed by atoms with van der Waals surface area (Å²) in [6.07, 6.45) is 1.96. The minimum absolute atomic E-state index is 0.125. The quantitative estimate of drug-likeness (QED) is 0.750. The van der Waals surface area contributed by atoms with E-state index in [4.69, 9.17) is 11.6 Å². The standard InChI is InChI=1S/C16H14BrClN2O/c17-12-6-7-15-11(9-12)3-2-8-20(15)16(21)19-14-5-1-4-13(18)10-14/h1,4-7,9-10H,2-3,8H2,(H,19,21). The van der Waals surface area contributed by atoms with E-state index in [1.807, 2.05) is 24.3 Å². The minimum Gasteiger partial charge on any atom is -0.307 e. The van der Waals surface area contributed by atoms with Crippen LogP contribution in [0.3, 0.4) is 0 Å². The fourth-order valence-corrected chi connectivity index (χ4v) is 3.13. The first-order chi connectivity index (χ1) is 10.1. The number of aryl methyl sites for hydroxylation is 1. The van der Waals surface area contributed by atoms with Crippen molar-refractivity contribution in [3.8, 4) is 0 Å². The number of benzene rings is 2. The van der Waals surface area contributed by atoms with Crippen LogP contribution in [0.25, 0.3) is 0 Å². The minimum atomic E-state index is -0.125. The summed E-state index contributed by atoms with van der Waals surface area (Å²) in [5.41, 5.74) is 2.87. The van der Waals surface area contributed by atoms with Crippen molar-refractivity contribution in [1.29, 1.82) is 0 Å². The van der Waals surface area contributed by atoms with Gasteiger partial charge in [-0.2, -0.15) is 0 Å². The first-order valence-electron chi connectivity index (χ1n) is 6.76. The van der Waals surface area contributed by atoms with E-state index in [1.165, 1.54) is 5.56 Å². The van der Waals surface area contributed by atoms with Gasteiger partial charge in [-0.05, 0) is 54.8 Å². The van der Waals surface area contributed by atoms with Crippen molar-refractivity contribution in [2.45, 2.75) is 12.8 Å². The molecule has 0 saturated carbocycles. The topological polar surface area (TPSA) is 32.3 Å². The number of hydrogen-bond donors (Lipinski definition) is 1. The van der Waals surface area contributed by atoms with Crippen molar-refractivity contribution in [2.24, 2.45) is 0 Å². The number of halogens is 2. The maximum Gasteiger partial charge on any atom is 0.326 e. The van der Waals surface area contributed by atoms with E-state index in [0.29, 0.717) is 10.7 Å². The smallest absolute Gasteiger partial charge is 0.307 e. The van der Waals surface area contributed by atoms with Crippen LogP contribution in [0.15, 0.2) is 46.9 Å². The first kappa shape index (κ1) is 14.4. The normalized spacial score (nSPS) is 13.7. The molecule has 0 unspecified atom stereocenters. The van der Waals surface area contributed by atoms with Crippen LogP contribution in [-0.4, -0.2) is 12.6 Å². The zero-order valence-electron chi connectivity index (χ0n) is 11.3. The van der Waals surface area contributed by atoms with E-state index >= 15 is 0 Å². The van der Waals surface area contributed by atoms with Crippen molar-refractivity contribution in [1.82, 2.24) is 0 Å². The fourth-order valence-electron chi connectivity index (χ4n) is 2.53. The number of nitrogens with one attached hydrogen (secondary N) is 1. The molecule has 21 heavy (non-hydrogen) atoms. The molecule has 0 spiro atoms. The van der Waals surface area contributed by atoms with E-state index in [0.717, 1.165) is 29.5 Å². The highest BCUT2D eigenvalue weighted by atomic mass is 79.9. The summed E-state index contributed by atoms with van der Waals surface area (Å²) in [7, 11) is 0. The highest BCUT2D eigenvalue weighted by molar-refractivity contribution is 9.10. The van der Waals surface area contributed by atoms with Gasteiger partial charge in [-0.25, -0.2) is 4.79 Å². The van der Waals surface area contributed by atoms with Crippen LogP contribution in [0.2, 0.25) is 5.02 Å². The summed E-state index contributed by atoms with van der Waals surface area (Å²) in [6, 6.07) is 13.1. The van der Waals surface area contributed by atoms with Gasteiger partial charge in [0.25, 0.3) is 0 Å². The summed E-state index contributed by atoms with van der Waals surface area (Å²) in [6.45, 7) is 0.723. The van der Waals surface area contributed by atoms with Gasteiger partial charge in [-0.15, -0.1) is 0 Å². The van der Waals surface area contributed by atoms with Crippen LogP contribution in [0, 0.1) is 0 Å². The van der Waals surface area contributed by atoms with Crippen LogP contribution in [0.1, 0.15) is 12.0 Å². The lowest BCUT2D eigenvalue weighted by atomic mass is 10.0. The lowest BCUT2D eigenvalue weighted by Gasteiger charge is -2.29. The van der Waals surface area contributed by atoms with E-state index in [-0.39, 0.29) is 6.03 Å². The van der Waals surface area contributed by atoms with Crippen LogP contribution in [0.4, 0.5) is 16.2 Å². The molecule has 3 nitrogen and oxygen atoms in total. The Balaban J connectivity index is 1.83. The first-order valence-corrected chi connectivity index (χ1v) is 7.93. The van der Waals surface area contributed by atoms with E-state index in [9.17, 15) is 4.79 Å². The molecule has 3 rings (SSSR count). The second-order valence-corrected chi connectivity index (χ2v) is 6.32. The molecule has 1 aliphatic heterocycles. The molecule has 0 radical (unpaired) electrons. The zero-order valence-corrected chi connectivity index (χ0v) is 13.6. The predicted octanol–water partition coefficient (Wildman–Crippen LogP) is 5.09. The molecule has 0 fully saturated rings. The average Bonchev–Trinajstić information content (AvgIpc) is 2.46. The van der Waals surface area contributed by atoms with Gasteiger partial charge in [-0.1, -0.05) is 33.6 Å². The van der Waals surface area contributed by atoms with Gasteiger partial charge in [0.2, 0.25) is 0 Å². The van der Waals surface area contributed by atoms with Crippen LogP contribution in [-0.2, 0) is 6.42 Å². The van der Waals surface area contributed by atoms with E-state index < -0.39 is 0 Å². The Morgan fingerprint density at radius 1 is 1.24 bits per heavy atom. The van der Waals surface area contributed by atoms with Crippen molar-refractivity contribution >= 4 is 44.9 Å². The zero-order chi connectivity index (χ0) is 14.8. The monoisotopic (exact) mass is 364 g/mol. The Morgan fingerprint density at radius 2 is 2.10 bits per heavy atom. The molecule has 0 saturated heterocycles. The summed E-state index contributed by atoms with van der Waals surface area (Å²) in [5.74, 6) is 0.